The summed E-state index contributed by atoms with van der Waals surface area (Å²) in [6.45, 7) is 3.19. The number of terminal acetylenes is 1. The van der Waals surface area contributed by atoms with Crippen LogP contribution < -0.4 is 5.32 Å². The highest BCUT2D eigenvalue weighted by molar-refractivity contribution is 14.1. The van der Waals surface area contributed by atoms with Crippen LogP contribution in [0.5, 0.6) is 0 Å². The molecule has 1 unspecified atom stereocenters. The van der Waals surface area contributed by atoms with Crippen LogP contribution in [0.1, 0.15) is 44.2 Å². The van der Waals surface area contributed by atoms with Crippen LogP contribution in [0.25, 0.3) is 0 Å². The van der Waals surface area contributed by atoms with E-state index >= 15 is 0 Å². The standard InChI is InChI=1S/C15H19ClIN/c1-3-5-6-7-15(18-10-4-2)13-11-12(16)8-9-14(13)17/h1,8-9,11,15,18H,4-7,10H2,2H3. The first kappa shape index (κ1) is 15.8. The fourth-order valence-electron chi connectivity index (χ4n) is 1.88. The maximum atomic E-state index is 6.09. The lowest BCUT2D eigenvalue weighted by molar-refractivity contribution is 0.486. The molecule has 3 heteroatoms. The van der Waals surface area contributed by atoms with Crippen molar-refractivity contribution < 1.29 is 0 Å². The molecule has 1 aromatic carbocycles. The van der Waals surface area contributed by atoms with Gasteiger partial charge in [0.1, 0.15) is 0 Å². The van der Waals surface area contributed by atoms with Crippen LogP contribution >= 0.6 is 34.2 Å². The van der Waals surface area contributed by atoms with Crippen molar-refractivity contribution in [2.75, 3.05) is 6.54 Å². The molecule has 0 amide bonds. The zero-order valence-corrected chi connectivity index (χ0v) is 13.6. The number of unbranched alkanes of at least 4 members (excludes halogenated alkanes) is 1. The average molecular weight is 376 g/mol. The van der Waals surface area contributed by atoms with Crippen LogP contribution in [-0.2, 0) is 0 Å². The molecule has 0 saturated heterocycles. The summed E-state index contributed by atoms with van der Waals surface area (Å²) in [5, 5.41) is 4.38. The number of rotatable bonds is 7. The molecule has 1 aromatic rings. The van der Waals surface area contributed by atoms with Crippen molar-refractivity contribution in [1.29, 1.82) is 0 Å². The van der Waals surface area contributed by atoms with E-state index in [4.69, 9.17) is 18.0 Å². The summed E-state index contributed by atoms with van der Waals surface area (Å²) in [6.07, 6.45) is 9.38. The molecular weight excluding hydrogens is 357 g/mol. The van der Waals surface area contributed by atoms with E-state index in [-0.39, 0.29) is 0 Å². The molecule has 0 aliphatic heterocycles. The SMILES string of the molecule is C#CCCCC(NCCC)c1cc(Cl)ccc1I. The van der Waals surface area contributed by atoms with Crippen molar-refractivity contribution in [2.24, 2.45) is 0 Å². The molecule has 0 bridgehead atoms. The minimum Gasteiger partial charge on any atom is -0.310 e. The van der Waals surface area contributed by atoms with E-state index in [1.54, 1.807) is 0 Å². The van der Waals surface area contributed by atoms with E-state index in [2.05, 4.69) is 52.9 Å². The monoisotopic (exact) mass is 375 g/mol. The Labute approximate surface area is 129 Å². The molecule has 0 aliphatic carbocycles. The molecule has 0 aromatic heterocycles. The van der Waals surface area contributed by atoms with Gasteiger partial charge in [0.15, 0.2) is 0 Å². The minimum absolute atomic E-state index is 0.351. The fraction of sp³-hybridized carbons (Fsp3) is 0.467. The van der Waals surface area contributed by atoms with E-state index in [0.717, 1.165) is 37.3 Å². The molecule has 0 heterocycles. The minimum atomic E-state index is 0.351. The van der Waals surface area contributed by atoms with Crippen LogP contribution in [0.15, 0.2) is 18.2 Å². The molecule has 18 heavy (non-hydrogen) atoms. The van der Waals surface area contributed by atoms with E-state index in [1.807, 2.05) is 6.07 Å². The van der Waals surface area contributed by atoms with Gasteiger partial charge in [-0.2, -0.15) is 0 Å². The average Bonchev–Trinajstić information content (AvgIpc) is 2.37. The molecule has 0 aliphatic rings. The van der Waals surface area contributed by atoms with Crippen molar-refractivity contribution in [3.8, 4) is 12.3 Å². The highest BCUT2D eigenvalue weighted by Gasteiger charge is 2.13. The molecular formula is C15H19ClIN. The largest absolute Gasteiger partial charge is 0.310 e. The number of halogens is 2. The predicted octanol–water partition coefficient (Wildman–Crippen LogP) is 4.79. The van der Waals surface area contributed by atoms with Gasteiger partial charge in [-0.05, 0) is 72.2 Å². The Kier molecular flexibility index (Phi) is 7.73. The third-order valence-electron chi connectivity index (χ3n) is 2.79. The van der Waals surface area contributed by atoms with Gasteiger partial charge in [-0.15, -0.1) is 12.3 Å². The summed E-state index contributed by atoms with van der Waals surface area (Å²) in [5.74, 6) is 2.70. The molecule has 1 nitrogen and oxygen atoms in total. The maximum absolute atomic E-state index is 6.09. The molecule has 0 spiro atoms. The van der Waals surface area contributed by atoms with E-state index in [9.17, 15) is 0 Å². The molecule has 0 fully saturated rings. The van der Waals surface area contributed by atoms with Crippen molar-refractivity contribution in [3.63, 3.8) is 0 Å². The summed E-state index contributed by atoms with van der Waals surface area (Å²) in [4.78, 5) is 0. The van der Waals surface area contributed by atoms with Crippen LogP contribution in [0.4, 0.5) is 0 Å². The third-order valence-corrected chi connectivity index (χ3v) is 4.01. The second-order valence-corrected chi connectivity index (χ2v) is 5.87. The smallest absolute Gasteiger partial charge is 0.0410 e. The second kappa shape index (κ2) is 8.79. The van der Waals surface area contributed by atoms with E-state index in [1.165, 1.54) is 9.13 Å². The zero-order valence-electron chi connectivity index (χ0n) is 10.7. The lowest BCUT2D eigenvalue weighted by Gasteiger charge is -2.20. The Morgan fingerprint density at radius 1 is 1.50 bits per heavy atom. The molecule has 98 valence electrons. The zero-order chi connectivity index (χ0) is 13.4. The summed E-state index contributed by atoms with van der Waals surface area (Å²) in [7, 11) is 0. The second-order valence-electron chi connectivity index (χ2n) is 4.27. The van der Waals surface area contributed by atoms with Gasteiger partial charge in [0, 0.05) is 21.1 Å². The number of nitrogens with one attached hydrogen (secondary N) is 1. The van der Waals surface area contributed by atoms with Gasteiger partial charge in [0.05, 0.1) is 0 Å². The normalized spacial score (nSPS) is 12.1. The Morgan fingerprint density at radius 3 is 2.94 bits per heavy atom. The maximum Gasteiger partial charge on any atom is 0.0410 e. The Morgan fingerprint density at radius 2 is 2.28 bits per heavy atom. The van der Waals surface area contributed by atoms with Gasteiger partial charge in [-0.3, -0.25) is 0 Å². The number of hydrogen-bond donors (Lipinski definition) is 1. The van der Waals surface area contributed by atoms with Crippen LogP contribution in [-0.4, -0.2) is 6.54 Å². The fourth-order valence-corrected chi connectivity index (χ4v) is 2.77. The van der Waals surface area contributed by atoms with E-state index < -0.39 is 0 Å². The van der Waals surface area contributed by atoms with Crippen molar-refractivity contribution in [2.45, 2.75) is 38.6 Å². The lowest BCUT2D eigenvalue weighted by Crippen LogP contribution is -2.23. The Bertz CT molecular complexity index is 411. The molecule has 1 rings (SSSR count). The van der Waals surface area contributed by atoms with Gasteiger partial charge in [-0.1, -0.05) is 18.5 Å². The van der Waals surface area contributed by atoms with Crippen LogP contribution in [0.3, 0.4) is 0 Å². The van der Waals surface area contributed by atoms with Gasteiger partial charge < -0.3 is 5.32 Å². The van der Waals surface area contributed by atoms with Gasteiger partial charge >= 0.3 is 0 Å². The first-order valence-corrected chi connectivity index (χ1v) is 7.76. The molecule has 0 saturated carbocycles. The van der Waals surface area contributed by atoms with Crippen molar-refractivity contribution in [1.82, 2.24) is 5.32 Å². The number of benzene rings is 1. The summed E-state index contributed by atoms with van der Waals surface area (Å²) in [5.41, 5.74) is 1.29. The van der Waals surface area contributed by atoms with Gasteiger partial charge in [-0.25, -0.2) is 0 Å². The van der Waals surface area contributed by atoms with E-state index in [0.29, 0.717) is 6.04 Å². The summed E-state index contributed by atoms with van der Waals surface area (Å²) in [6, 6.07) is 6.42. The molecule has 1 N–H and O–H groups in total. The van der Waals surface area contributed by atoms with Crippen LogP contribution in [0.2, 0.25) is 5.02 Å². The molecule has 0 radical (unpaired) electrons. The lowest BCUT2D eigenvalue weighted by atomic mass is 10.0. The highest BCUT2D eigenvalue weighted by Crippen LogP contribution is 2.27. The molecule has 1 atom stereocenters. The summed E-state index contributed by atoms with van der Waals surface area (Å²) < 4.78 is 1.26. The van der Waals surface area contributed by atoms with Crippen LogP contribution in [0, 0.1) is 15.9 Å². The Balaban J connectivity index is 2.79. The summed E-state index contributed by atoms with van der Waals surface area (Å²) >= 11 is 8.46. The number of hydrogen-bond acceptors (Lipinski definition) is 1. The Hall–Kier alpha value is -0.240. The first-order valence-electron chi connectivity index (χ1n) is 6.30. The van der Waals surface area contributed by atoms with Crippen molar-refractivity contribution in [3.05, 3.63) is 32.4 Å². The van der Waals surface area contributed by atoms with Gasteiger partial charge in [0.25, 0.3) is 0 Å². The highest BCUT2D eigenvalue weighted by atomic mass is 127. The third kappa shape index (κ3) is 5.17. The topological polar surface area (TPSA) is 12.0 Å². The van der Waals surface area contributed by atoms with Gasteiger partial charge in [0.2, 0.25) is 0 Å². The van der Waals surface area contributed by atoms with Crippen molar-refractivity contribution >= 4 is 34.2 Å². The predicted molar refractivity (Wildman–Crippen MR) is 87.9 cm³/mol. The quantitative estimate of drug-likeness (QED) is 0.410. The first-order chi connectivity index (χ1) is 8.69.